The molecule has 1 saturated carbocycles. The highest BCUT2D eigenvalue weighted by Gasteiger charge is 2.48. The number of hydrogen-bond acceptors (Lipinski definition) is 2. The molecule has 0 saturated heterocycles. The highest BCUT2D eigenvalue weighted by molar-refractivity contribution is 9.10. The lowest BCUT2D eigenvalue weighted by atomic mass is 9.60. The van der Waals surface area contributed by atoms with Crippen molar-refractivity contribution in [1.29, 1.82) is 0 Å². The predicted octanol–water partition coefficient (Wildman–Crippen LogP) is 2.93. The third-order valence-corrected chi connectivity index (χ3v) is 3.51. The van der Waals surface area contributed by atoms with E-state index in [0.717, 1.165) is 10.3 Å². The zero-order valence-electron chi connectivity index (χ0n) is 8.25. The molecule has 1 heterocycles. The minimum Gasteiger partial charge on any atom is -0.299 e. The summed E-state index contributed by atoms with van der Waals surface area (Å²) in [6.07, 6.45) is 0.635. The molecule has 74 valence electrons. The van der Waals surface area contributed by atoms with Gasteiger partial charge in [0, 0.05) is 23.4 Å². The number of pyridine rings is 1. The minimum absolute atomic E-state index is 0.228. The van der Waals surface area contributed by atoms with Crippen LogP contribution in [0.15, 0.2) is 22.8 Å². The Morgan fingerprint density at radius 3 is 2.71 bits per heavy atom. The van der Waals surface area contributed by atoms with Crippen LogP contribution < -0.4 is 0 Å². The number of ketones is 1. The van der Waals surface area contributed by atoms with Crippen molar-refractivity contribution >= 4 is 21.7 Å². The summed E-state index contributed by atoms with van der Waals surface area (Å²) < 4.78 is 0.838. The molecule has 3 heteroatoms. The van der Waals surface area contributed by atoms with E-state index in [1.807, 2.05) is 32.0 Å². The summed E-state index contributed by atoms with van der Waals surface area (Å²) in [6.45, 7) is 3.98. The van der Waals surface area contributed by atoms with Crippen molar-refractivity contribution in [2.24, 2.45) is 5.41 Å². The zero-order chi connectivity index (χ0) is 10.3. The third-order valence-electron chi connectivity index (χ3n) is 3.07. The maximum atomic E-state index is 11.4. The highest BCUT2D eigenvalue weighted by Crippen LogP contribution is 2.48. The first-order chi connectivity index (χ1) is 6.51. The van der Waals surface area contributed by atoms with E-state index < -0.39 is 0 Å². The summed E-state index contributed by atoms with van der Waals surface area (Å²) in [5.74, 6) is 0.622. The minimum atomic E-state index is -0.228. The average molecular weight is 254 g/mol. The first-order valence-corrected chi connectivity index (χ1v) is 5.47. The lowest BCUT2D eigenvalue weighted by Gasteiger charge is -2.42. The first kappa shape index (κ1) is 9.84. The molecule has 0 bridgehead atoms. The van der Waals surface area contributed by atoms with Gasteiger partial charge in [-0.05, 0) is 28.1 Å². The maximum absolute atomic E-state index is 11.4. The van der Waals surface area contributed by atoms with Crippen molar-refractivity contribution in [2.75, 3.05) is 0 Å². The van der Waals surface area contributed by atoms with Crippen molar-refractivity contribution in [3.63, 3.8) is 0 Å². The Labute approximate surface area is 91.9 Å². The van der Waals surface area contributed by atoms with Crippen molar-refractivity contribution in [1.82, 2.24) is 4.98 Å². The Balaban J connectivity index is 2.30. The molecule has 1 unspecified atom stereocenters. The van der Waals surface area contributed by atoms with Crippen LogP contribution in [0.3, 0.4) is 0 Å². The quantitative estimate of drug-likeness (QED) is 0.721. The van der Waals surface area contributed by atoms with Crippen molar-refractivity contribution in [2.45, 2.75) is 26.2 Å². The van der Waals surface area contributed by atoms with Gasteiger partial charge in [0.2, 0.25) is 0 Å². The predicted molar refractivity (Wildman–Crippen MR) is 58.1 cm³/mol. The average Bonchev–Trinajstić information content (AvgIpc) is 2.14. The van der Waals surface area contributed by atoms with Gasteiger partial charge in [0.05, 0.1) is 0 Å². The van der Waals surface area contributed by atoms with Crippen molar-refractivity contribution < 1.29 is 4.79 Å². The molecule has 1 aromatic rings. The molecule has 1 aliphatic carbocycles. The van der Waals surface area contributed by atoms with E-state index in [2.05, 4.69) is 20.9 Å². The second-order valence-electron chi connectivity index (χ2n) is 4.29. The summed E-state index contributed by atoms with van der Waals surface area (Å²) in [4.78, 5) is 15.8. The fraction of sp³-hybridized carbons (Fsp3) is 0.455. The lowest BCUT2D eigenvalue weighted by Crippen LogP contribution is -2.43. The van der Waals surface area contributed by atoms with Crippen LogP contribution in [0.1, 0.15) is 31.9 Å². The van der Waals surface area contributed by atoms with E-state index in [-0.39, 0.29) is 11.3 Å². The number of rotatable bonds is 1. The van der Waals surface area contributed by atoms with Gasteiger partial charge in [0.15, 0.2) is 0 Å². The topological polar surface area (TPSA) is 30.0 Å². The molecule has 2 rings (SSSR count). The summed E-state index contributed by atoms with van der Waals surface area (Å²) >= 11 is 3.34. The number of nitrogens with zero attached hydrogens (tertiary/aromatic N) is 1. The summed E-state index contributed by atoms with van der Waals surface area (Å²) in [5.41, 5.74) is 0.789. The van der Waals surface area contributed by atoms with E-state index in [0.29, 0.717) is 12.2 Å². The van der Waals surface area contributed by atoms with Gasteiger partial charge in [0.1, 0.15) is 10.4 Å². The van der Waals surface area contributed by atoms with Crippen LogP contribution in [-0.4, -0.2) is 10.8 Å². The lowest BCUT2D eigenvalue weighted by molar-refractivity contribution is -0.138. The first-order valence-electron chi connectivity index (χ1n) is 4.67. The van der Waals surface area contributed by atoms with Gasteiger partial charge in [-0.3, -0.25) is 4.79 Å². The fourth-order valence-electron chi connectivity index (χ4n) is 1.86. The Bertz CT molecular complexity index is 387. The number of carbonyl (C=O) groups is 1. The van der Waals surface area contributed by atoms with Crippen molar-refractivity contribution in [3.05, 3.63) is 28.5 Å². The second kappa shape index (κ2) is 3.16. The standard InChI is InChI=1S/C11H12BrNO/c1-11(2)7(6-9(11)14)8-4-3-5-10(12)13-8/h3-5,7H,6H2,1-2H3. The van der Waals surface area contributed by atoms with E-state index in [1.165, 1.54) is 0 Å². The Morgan fingerprint density at radius 2 is 2.21 bits per heavy atom. The van der Waals surface area contributed by atoms with Crippen molar-refractivity contribution in [3.8, 4) is 0 Å². The molecule has 0 aromatic carbocycles. The summed E-state index contributed by atoms with van der Waals surface area (Å²) in [5, 5.41) is 0. The molecular formula is C11H12BrNO. The number of halogens is 1. The number of Topliss-reactive ketones (excluding diaryl/α,β-unsaturated/α-hetero) is 1. The van der Waals surface area contributed by atoms with Crippen LogP contribution in [-0.2, 0) is 4.79 Å². The van der Waals surface area contributed by atoms with Crippen LogP contribution in [0.5, 0.6) is 0 Å². The number of hydrogen-bond donors (Lipinski definition) is 0. The van der Waals surface area contributed by atoms with Gasteiger partial charge in [0.25, 0.3) is 0 Å². The van der Waals surface area contributed by atoms with E-state index in [9.17, 15) is 4.79 Å². The second-order valence-corrected chi connectivity index (χ2v) is 5.10. The smallest absolute Gasteiger partial charge is 0.139 e. The van der Waals surface area contributed by atoms with E-state index in [4.69, 9.17) is 0 Å². The van der Waals surface area contributed by atoms with E-state index in [1.54, 1.807) is 0 Å². The largest absolute Gasteiger partial charge is 0.299 e. The molecule has 2 nitrogen and oxygen atoms in total. The molecule has 0 radical (unpaired) electrons. The summed E-state index contributed by atoms with van der Waals surface area (Å²) in [7, 11) is 0. The molecule has 0 amide bonds. The Morgan fingerprint density at radius 1 is 1.50 bits per heavy atom. The fourth-order valence-corrected chi connectivity index (χ4v) is 2.22. The number of carbonyl (C=O) groups excluding carboxylic acids is 1. The number of aromatic nitrogens is 1. The Kier molecular flexibility index (Phi) is 2.22. The van der Waals surface area contributed by atoms with Gasteiger partial charge >= 0.3 is 0 Å². The molecule has 0 aliphatic heterocycles. The van der Waals surface area contributed by atoms with E-state index >= 15 is 0 Å². The Hall–Kier alpha value is -0.700. The van der Waals surface area contributed by atoms with Gasteiger partial charge < -0.3 is 0 Å². The maximum Gasteiger partial charge on any atom is 0.139 e. The van der Waals surface area contributed by atoms with Crippen LogP contribution in [0, 0.1) is 5.41 Å². The van der Waals surface area contributed by atoms with Crippen LogP contribution in [0.4, 0.5) is 0 Å². The highest BCUT2D eigenvalue weighted by atomic mass is 79.9. The monoisotopic (exact) mass is 253 g/mol. The molecule has 1 aliphatic rings. The molecule has 1 atom stereocenters. The zero-order valence-corrected chi connectivity index (χ0v) is 9.84. The summed E-state index contributed by atoms with van der Waals surface area (Å²) in [6, 6.07) is 5.85. The molecule has 1 fully saturated rings. The van der Waals surface area contributed by atoms with Gasteiger partial charge in [-0.2, -0.15) is 0 Å². The van der Waals surface area contributed by atoms with Gasteiger partial charge in [-0.15, -0.1) is 0 Å². The molecule has 0 spiro atoms. The molecular weight excluding hydrogens is 242 g/mol. The normalized spacial score (nSPS) is 24.5. The molecule has 14 heavy (non-hydrogen) atoms. The third kappa shape index (κ3) is 1.40. The van der Waals surface area contributed by atoms with Crippen LogP contribution >= 0.6 is 15.9 Å². The molecule has 0 N–H and O–H groups in total. The van der Waals surface area contributed by atoms with Crippen LogP contribution in [0.2, 0.25) is 0 Å². The van der Waals surface area contributed by atoms with Crippen LogP contribution in [0.25, 0.3) is 0 Å². The van der Waals surface area contributed by atoms with Gasteiger partial charge in [-0.1, -0.05) is 19.9 Å². The van der Waals surface area contributed by atoms with Gasteiger partial charge in [-0.25, -0.2) is 4.98 Å². The molecule has 1 aromatic heterocycles. The SMILES string of the molecule is CC1(C)C(=O)CC1c1cccc(Br)n1.